The summed E-state index contributed by atoms with van der Waals surface area (Å²) < 4.78 is 25.4. The molecule has 46 heavy (non-hydrogen) atoms. The Morgan fingerprint density at radius 3 is 2.52 bits per heavy atom. The van der Waals surface area contributed by atoms with Crippen LogP contribution >= 0.6 is 0 Å². The zero-order valence-corrected chi connectivity index (χ0v) is 26.5. The Kier molecular flexibility index (Phi) is 9.85. The number of carbonyl (C=O) groups is 2. The third-order valence-corrected chi connectivity index (χ3v) is 8.58. The average molecular weight is 628 g/mol. The van der Waals surface area contributed by atoms with Crippen molar-refractivity contribution in [3.05, 3.63) is 77.9 Å². The summed E-state index contributed by atoms with van der Waals surface area (Å²) in [6, 6.07) is 15.3. The minimum atomic E-state index is -0.734. The van der Waals surface area contributed by atoms with Gasteiger partial charge in [-0.05, 0) is 63.8 Å². The zero-order chi connectivity index (χ0) is 31.9. The third kappa shape index (κ3) is 7.35. The van der Waals surface area contributed by atoms with Crippen molar-refractivity contribution in [2.75, 3.05) is 39.4 Å². The molecular formula is C35H41N5O6. The second kappa shape index (κ2) is 14.5. The fourth-order valence-corrected chi connectivity index (χ4v) is 6.04. The van der Waals surface area contributed by atoms with Crippen LogP contribution in [0, 0.1) is 13.8 Å². The summed E-state index contributed by atoms with van der Waals surface area (Å²) in [6.07, 6.45) is 6.12. The van der Waals surface area contributed by atoms with E-state index in [4.69, 9.17) is 18.7 Å². The largest absolute Gasteiger partial charge is 0.494 e. The predicted molar refractivity (Wildman–Crippen MR) is 171 cm³/mol. The van der Waals surface area contributed by atoms with Crippen LogP contribution in [0.2, 0.25) is 0 Å². The number of amides is 2. The van der Waals surface area contributed by atoms with Crippen molar-refractivity contribution >= 4 is 11.8 Å². The summed E-state index contributed by atoms with van der Waals surface area (Å²) in [6.45, 7) is 7.17. The Morgan fingerprint density at radius 2 is 1.70 bits per heavy atom. The Labute approximate surface area is 269 Å². The third-order valence-electron chi connectivity index (χ3n) is 8.58. The molecule has 2 aliphatic rings. The van der Waals surface area contributed by atoms with Crippen molar-refractivity contribution in [1.29, 1.82) is 0 Å². The van der Waals surface area contributed by atoms with E-state index in [2.05, 4.69) is 14.7 Å². The number of carbonyl (C=O) groups excluding carboxylic acids is 2. The monoisotopic (exact) mass is 627 g/mol. The van der Waals surface area contributed by atoms with Crippen molar-refractivity contribution < 1.29 is 28.3 Å². The number of benzene rings is 2. The van der Waals surface area contributed by atoms with Crippen LogP contribution in [0.1, 0.15) is 42.7 Å². The predicted octanol–water partition coefficient (Wildman–Crippen LogP) is 4.85. The van der Waals surface area contributed by atoms with Gasteiger partial charge >= 0.3 is 0 Å². The van der Waals surface area contributed by atoms with Gasteiger partial charge in [0.15, 0.2) is 11.5 Å². The second-order valence-corrected chi connectivity index (χ2v) is 11.8. The minimum Gasteiger partial charge on any atom is -0.494 e. The number of hydrogen-bond acceptors (Lipinski definition) is 8. The van der Waals surface area contributed by atoms with E-state index < -0.39 is 6.10 Å². The van der Waals surface area contributed by atoms with E-state index >= 15 is 0 Å². The summed E-state index contributed by atoms with van der Waals surface area (Å²) in [4.78, 5) is 35.7. The number of aromatic nitrogens is 3. The van der Waals surface area contributed by atoms with E-state index in [0.717, 1.165) is 47.0 Å². The van der Waals surface area contributed by atoms with Crippen LogP contribution < -0.4 is 14.2 Å². The topological polar surface area (TPSA) is 112 Å². The second-order valence-electron chi connectivity index (χ2n) is 11.8. The number of imidazole rings is 1. The lowest BCUT2D eigenvalue weighted by molar-refractivity contribution is -0.141. The highest BCUT2D eigenvalue weighted by Gasteiger charge is 2.31. The molecular weight excluding hydrogens is 586 g/mol. The number of aryl methyl sites for hydroxylation is 2. The Bertz CT molecular complexity index is 1630. The van der Waals surface area contributed by atoms with Crippen LogP contribution in [0.15, 0.2) is 65.4 Å². The van der Waals surface area contributed by atoms with E-state index in [0.29, 0.717) is 70.1 Å². The zero-order valence-electron chi connectivity index (χ0n) is 26.5. The molecule has 11 nitrogen and oxygen atoms in total. The highest BCUT2D eigenvalue weighted by Crippen LogP contribution is 2.31. The van der Waals surface area contributed by atoms with Gasteiger partial charge in [0.25, 0.3) is 5.91 Å². The molecule has 2 amide bonds. The van der Waals surface area contributed by atoms with Gasteiger partial charge in [0.2, 0.25) is 12.0 Å². The molecule has 0 saturated carbocycles. The number of fused-ring (bicyclic) bond motifs is 5. The molecule has 4 aromatic rings. The first-order valence-corrected chi connectivity index (χ1v) is 16.1. The molecule has 0 fully saturated rings. The molecule has 1 atom stereocenters. The van der Waals surface area contributed by atoms with Gasteiger partial charge in [0, 0.05) is 62.7 Å². The van der Waals surface area contributed by atoms with Crippen molar-refractivity contribution in [2.45, 2.75) is 58.6 Å². The quantitative estimate of drug-likeness (QED) is 0.316. The molecule has 2 bridgehead atoms. The minimum absolute atomic E-state index is 0.0877. The summed E-state index contributed by atoms with van der Waals surface area (Å²) in [5.74, 6) is 3.50. The van der Waals surface area contributed by atoms with Crippen LogP contribution in [-0.4, -0.2) is 81.8 Å². The van der Waals surface area contributed by atoms with Crippen LogP contribution in [0.25, 0.3) is 11.4 Å². The lowest BCUT2D eigenvalue weighted by atomic mass is 10.1. The number of para-hydroxylation sites is 2. The number of nitrogens with zero attached hydrogens (tertiary/aromatic N) is 5. The van der Waals surface area contributed by atoms with Gasteiger partial charge in [0.1, 0.15) is 23.9 Å². The molecule has 0 N–H and O–H groups in total. The Hall–Kier alpha value is -4.80. The van der Waals surface area contributed by atoms with E-state index in [9.17, 15) is 9.59 Å². The molecule has 2 aromatic heterocycles. The Balaban J connectivity index is 1.18. The molecule has 4 heterocycles. The van der Waals surface area contributed by atoms with Gasteiger partial charge in [-0.1, -0.05) is 29.4 Å². The maximum Gasteiger partial charge on any atom is 0.267 e. The highest BCUT2D eigenvalue weighted by molar-refractivity contribution is 5.82. The molecule has 0 spiro atoms. The summed E-state index contributed by atoms with van der Waals surface area (Å²) in [5.41, 5.74) is 2.75. The molecule has 0 radical (unpaired) electrons. The SMILES string of the molecule is Cc1noc(C)c1CCC(=O)N1CCCCN(C(=O)C2COc3ccccc3O2)CCn2ccnc2-c2cccc(c2)OCCC1. The summed E-state index contributed by atoms with van der Waals surface area (Å²) >= 11 is 0. The first-order chi connectivity index (χ1) is 22.5. The van der Waals surface area contributed by atoms with Gasteiger partial charge in [-0.3, -0.25) is 9.59 Å². The number of ether oxygens (including phenoxy) is 3. The van der Waals surface area contributed by atoms with Crippen LogP contribution in [0.5, 0.6) is 17.2 Å². The maximum absolute atomic E-state index is 13.9. The van der Waals surface area contributed by atoms with E-state index in [1.165, 1.54) is 0 Å². The summed E-state index contributed by atoms with van der Waals surface area (Å²) in [7, 11) is 0. The van der Waals surface area contributed by atoms with Gasteiger partial charge < -0.3 is 33.1 Å². The molecule has 6 rings (SSSR count). The lowest BCUT2D eigenvalue weighted by Crippen LogP contribution is -2.47. The Morgan fingerprint density at radius 1 is 0.891 bits per heavy atom. The van der Waals surface area contributed by atoms with Gasteiger partial charge in [0.05, 0.1) is 12.3 Å². The average Bonchev–Trinajstić information content (AvgIpc) is 3.68. The maximum atomic E-state index is 13.9. The standard InChI is InChI=1S/C35H41N5O6/c1-25-29(26(2)46-37-25)13-14-33(41)38-16-5-6-17-40(35(42)32-24-44-30-11-3-4-12-31(30)45-32)21-20-39-19-15-36-34(39)27-9-7-10-28(23-27)43-22-8-18-38/h3-4,7,9-12,15,19,23,32H,5-6,8,13-14,16-18,20-22,24H2,1-2H3. The van der Waals surface area contributed by atoms with Gasteiger partial charge in [-0.2, -0.15) is 0 Å². The molecule has 242 valence electrons. The van der Waals surface area contributed by atoms with Crippen LogP contribution in [0.3, 0.4) is 0 Å². The molecule has 2 aliphatic heterocycles. The van der Waals surface area contributed by atoms with Crippen molar-refractivity contribution in [3.8, 4) is 28.6 Å². The van der Waals surface area contributed by atoms with Crippen LogP contribution in [0.4, 0.5) is 0 Å². The normalized spacial score (nSPS) is 17.5. The first-order valence-electron chi connectivity index (χ1n) is 16.1. The molecule has 0 aliphatic carbocycles. The fraction of sp³-hybridized carbons (Fsp3) is 0.429. The number of hydrogen-bond donors (Lipinski definition) is 0. The lowest BCUT2D eigenvalue weighted by Gasteiger charge is -2.31. The van der Waals surface area contributed by atoms with Crippen molar-refractivity contribution in [1.82, 2.24) is 24.5 Å². The number of rotatable bonds is 4. The highest BCUT2D eigenvalue weighted by atomic mass is 16.6. The van der Waals surface area contributed by atoms with Crippen molar-refractivity contribution in [3.63, 3.8) is 0 Å². The van der Waals surface area contributed by atoms with Crippen molar-refractivity contribution in [2.24, 2.45) is 0 Å². The van der Waals surface area contributed by atoms with Crippen LogP contribution in [-0.2, 0) is 22.6 Å². The van der Waals surface area contributed by atoms with E-state index in [-0.39, 0.29) is 18.4 Å². The molecule has 0 saturated heterocycles. The van der Waals surface area contributed by atoms with E-state index in [1.54, 1.807) is 6.20 Å². The fourth-order valence-electron chi connectivity index (χ4n) is 6.04. The van der Waals surface area contributed by atoms with Gasteiger partial charge in [-0.25, -0.2) is 4.98 Å². The molecule has 1 unspecified atom stereocenters. The first kappa shape index (κ1) is 31.2. The summed E-state index contributed by atoms with van der Waals surface area (Å²) in [5, 5.41) is 4.03. The molecule has 2 aromatic carbocycles. The van der Waals surface area contributed by atoms with E-state index in [1.807, 2.05) is 78.4 Å². The molecule has 11 heteroatoms. The van der Waals surface area contributed by atoms with Gasteiger partial charge in [-0.15, -0.1) is 0 Å². The smallest absolute Gasteiger partial charge is 0.267 e.